The molecule has 0 aromatic carbocycles. The number of hydrogen-bond donors (Lipinski definition) is 1. The SMILES string of the molecule is COc1ccc(C(N)CC#N)nc1. The van der Waals surface area contributed by atoms with E-state index in [4.69, 9.17) is 15.7 Å². The summed E-state index contributed by atoms with van der Waals surface area (Å²) in [6.45, 7) is 0. The lowest BCUT2D eigenvalue weighted by Gasteiger charge is -2.06. The lowest BCUT2D eigenvalue weighted by Crippen LogP contribution is -2.10. The first-order valence-corrected chi connectivity index (χ1v) is 3.90. The third-order valence-corrected chi connectivity index (χ3v) is 1.69. The van der Waals surface area contributed by atoms with E-state index in [1.807, 2.05) is 6.07 Å². The molecule has 1 unspecified atom stereocenters. The first kappa shape index (κ1) is 9.49. The van der Waals surface area contributed by atoms with Crippen molar-refractivity contribution < 1.29 is 4.74 Å². The van der Waals surface area contributed by atoms with Gasteiger partial charge in [0.1, 0.15) is 5.75 Å². The zero-order valence-corrected chi connectivity index (χ0v) is 7.40. The summed E-state index contributed by atoms with van der Waals surface area (Å²) < 4.78 is 4.94. The first-order valence-electron chi connectivity index (χ1n) is 3.90. The number of nitrogens with zero attached hydrogens (tertiary/aromatic N) is 2. The molecule has 0 radical (unpaired) electrons. The summed E-state index contributed by atoms with van der Waals surface area (Å²) in [7, 11) is 1.58. The lowest BCUT2D eigenvalue weighted by molar-refractivity contribution is 0.412. The smallest absolute Gasteiger partial charge is 0.137 e. The van der Waals surface area contributed by atoms with E-state index in [9.17, 15) is 0 Å². The Bertz CT molecular complexity index is 302. The number of nitrogens with two attached hydrogens (primary N) is 1. The van der Waals surface area contributed by atoms with Crippen molar-refractivity contribution in [1.82, 2.24) is 4.98 Å². The molecule has 4 heteroatoms. The molecule has 1 heterocycles. The van der Waals surface area contributed by atoms with E-state index >= 15 is 0 Å². The minimum atomic E-state index is -0.309. The minimum absolute atomic E-state index is 0.277. The number of hydrogen-bond acceptors (Lipinski definition) is 4. The summed E-state index contributed by atoms with van der Waals surface area (Å²) in [5.41, 5.74) is 6.38. The monoisotopic (exact) mass is 177 g/mol. The highest BCUT2D eigenvalue weighted by Crippen LogP contribution is 2.14. The summed E-state index contributed by atoms with van der Waals surface area (Å²) in [6, 6.07) is 5.23. The molecule has 0 fully saturated rings. The molecule has 0 saturated heterocycles. The van der Waals surface area contributed by atoms with Crippen molar-refractivity contribution >= 4 is 0 Å². The maximum Gasteiger partial charge on any atom is 0.137 e. The number of nitriles is 1. The molecule has 0 saturated carbocycles. The largest absolute Gasteiger partial charge is 0.495 e. The van der Waals surface area contributed by atoms with Gasteiger partial charge in [-0.2, -0.15) is 5.26 Å². The second kappa shape index (κ2) is 4.43. The zero-order valence-electron chi connectivity index (χ0n) is 7.40. The highest BCUT2D eigenvalue weighted by atomic mass is 16.5. The van der Waals surface area contributed by atoms with Gasteiger partial charge >= 0.3 is 0 Å². The fourth-order valence-electron chi connectivity index (χ4n) is 0.935. The molecule has 1 aromatic heterocycles. The molecule has 2 N–H and O–H groups in total. The Morgan fingerprint density at radius 2 is 2.46 bits per heavy atom. The third-order valence-electron chi connectivity index (χ3n) is 1.69. The van der Waals surface area contributed by atoms with Gasteiger partial charge < -0.3 is 10.5 Å². The van der Waals surface area contributed by atoms with Gasteiger partial charge in [-0.15, -0.1) is 0 Å². The minimum Gasteiger partial charge on any atom is -0.495 e. The molecular weight excluding hydrogens is 166 g/mol. The van der Waals surface area contributed by atoms with E-state index in [1.54, 1.807) is 25.4 Å². The Hall–Kier alpha value is -1.60. The fraction of sp³-hybridized carbons (Fsp3) is 0.333. The van der Waals surface area contributed by atoms with Crippen molar-refractivity contribution in [3.63, 3.8) is 0 Å². The molecule has 68 valence electrons. The summed E-state index contributed by atoms with van der Waals surface area (Å²) >= 11 is 0. The molecule has 0 aliphatic rings. The highest BCUT2D eigenvalue weighted by molar-refractivity contribution is 5.21. The highest BCUT2D eigenvalue weighted by Gasteiger charge is 2.05. The van der Waals surface area contributed by atoms with Crippen LogP contribution in [-0.4, -0.2) is 12.1 Å². The average Bonchev–Trinajstić information content (AvgIpc) is 2.18. The van der Waals surface area contributed by atoms with Gasteiger partial charge in [0.25, 0.3) is 0 Å². The topological polar surface area (TPSA) is 71.9 Å². The van der Waals surface area contributed by atoms with Crippen LogP contribution in [0.15, 0.2) is 18.3 Å². The molecule has 13 heavy (non-hydrogen) atoms. The van der Waals surface area contributed by atoms with E-state index in [-0.39, 0.29) is 12.5 Å². The van der Waals surface area contributed by atoms with E-state index in [0.29, 0.717) is 11.4 Å². The van der Waals surface area contributed by atoms with Gasteiger partial charge in [-0.05, 0) is 12.1 Å². The average molecular weight is 177 g/mol. The molecular formula is C9H11N3O. The number of pyridine rings is 1. The predicted octanol–water partition coefficient (Wildman–Crippen LogP) is 1.00. The van der Waals surface area contributed by atoms with Crippen molar-refractivity contribution in [3.05, 3.63) is 24.0 Å². The molecule has 1 rings (SSSR count). The quantitative estimate of drug-likeness (QED) is 0.747. The van der Waals surface area contributed by atoms with Crippen LogP contribution in [0.4, 0.5) is 0 Å². The van der Waals surface area contributed by atoms with Gasteiger partial charge in [0.2, 0.25) is 0 Å². The molecule has 0 spiro atoms. The molecule has 4 nitrogen and oxygen atoms in total. The van der Waals surface area contributed by atoms with Gasteiger partial charge in [0.15, 0.2) is 0 Å². The normalized spacial score (nSPS) is 11.8. The summed E-state index contributed by atoms with van der Waals surface area (Å²) in [5.74, 6) is 0.688. The van der Waals surface area contributed by atoms with Gasteiger partial charge in [0.05, 0.1) is 37.5 Å². The van der Waals surface area contributed by atoms with Gasteiger partial charge in [-0.3, -0.25) is 4.98 Å². The van der Waals surface area contributed by atoms with Crippen LogP contribution in [0.3, 0.4) is 0 Å². The van der Waals surface area contributed by atoms with Crippen molar-refractivity contribution in [2.45, 2.75) is 12.5 Å². The van der Waals surface area contributed by atoms with E-state index in [0.717, 1.165) is 0 Å². The van der Waals surface area contributed by atoms with Crippen LogP contribution in [-0.2, 0) is 0 Å². The van der Waals surface area contributed by atoms with Crippen molar-refractivity contribution in [3.8, 4) is 11.8 Å². The number of aromatic nitrogens is 1. The second-order valence-electron chi connectivity index (χ2n) is 2.59. The molecule has 0 amide bonds. The van der Waals surface area contributed by atoms with Crippen LogP contribution in [0, 0.1) is 11.3 Å². The number of rotatable bonds is 3. The Kier molecular flexibility index (Phi) is 3.23. The van der Waals surface area contributed by atoms with Crippen LogP contribution in [0.2, 0.25) is 0 Å². The number of methoxy groups -OCH3 is 1. The number of ether oxygens (including phenoxy) is 1. The van der Waals surface area contributed by atoms with Crippen LogP contribution in [0.1, 0.15) is 18.2 Å². The van der Waals surface area contributed by atoms with E-state index < -0.39 is 0 Å². The Labute approximate surface area is 77.0 Å². The maximum absolute atomic E-state index is 8.42. The lowest BCUT2D eigenvalue weighted by atomic mass is 10.1. The zero-order chi connectivity index (χ0) is 9.68. The van der Waals surface area contributed by atoms with Crippen LogP contribution in [0.5, 0.6) is 5.75 Å². The van der Waals surface area contributed by atoms with Crippen LogP contribution < -0.4 is 10.5 Å². The Morgan fingerprint density at radius 1 is 1.69 bits per heavy atom. The van der Waals surface area contributed by atoms with Crippen LogP contribution in [0.25, 0.3) is 0 Å². The van der Waals surface area contributed by atoms with E-state index in [1.165, 1.54) is 0 Å². The summed E-state index contributed by atoms with van der Waals surface area (Å²) in [5, 5.41) is 8.42. The van der Waals surface area contributed by atoms with Gasteiger partial charge in [-0.1, -0.05) is 0 Å². The molecule has 0 bridgehead atoms. The Balaban J connectivity index is 2.74. The summed E-state index contributed by atoms with van der Waals surface area (Å²) in [6.07, 6.45) is 1.87. The molecule has 1 atom stereocenters. The van der Waals surface area contributed by atoms with E-state index in [2.05, 4.69) is 4.98 Å². The fourth-order valence-corrected chi connectivity index (χ4v) is 0.935. The second-order valence-corrected chi connectivity index (χ2v) is 2.59. The standard InChI is InChI=1S/C9H11N3O/c1-13-7-2-3-9(12-6-7)8(11)4-5-10/h2-3,6,8H,4,11H2,1H3. The van der Waals surface area contributed by atoms with Crippen LogP contribution >= 0.6 is 0 Å². The first-order chi connectivity index (χ1) is 6.27. The van der Waals surface area contributed by atoms with Crippen molar-refractivity contribution in [2.24, 2.45) is 5.73 Å². The third kappa shape index (κ3) is 2.42. The van der Waals surface area contributed by atoms with Gasteiger partial charge in [0, 0.05) is 0 Å². The molecule has 0 aliphatic carbocycles. The van der Waals surface area contributed by atoms with Crippen molar-refractivity contribution in [1.29, 1.82) is 5.26 Å². The summed E-state index contributed by atoms with van der Waals surface area (Å²) in [4.78, 5) is 4.07. The molecule has 0 aliphatic heterocycles. The predicted molar refractivity (Wildman–Crippen MR) is 47.9 cm³/mol. The van der Waals surface area contributed by atoms with Crippen molar-refractivity contribution in [2.75, 3.05) is 7.11 Å². The Morgan fingerprint density at radius 3 is 2.92 bits per heavy atom. The maximum atomic E-state index is 8.42. The van der Waals surface area contributed by atoms with Gasteiger partial charge in [-0.25, -0.2) is 0 Å². The molecule has 1 aromatic rings.